The van der Waals surface area contributed by atoms with E-state index in [2.05, 4.69) is 32.1 Å². The number of rotatable bonds is 6. The standard InChI is InChI=1S/C22H35ClN6O.HI/c1-24-22(25-9-3-11-27-12-4-10-26(2)13-14-27)29-16-15-28(21(30)18-29)17-19-5-7-20(23)8-6-19;/h5-8H,3-4,9-18H2,1-2H3,(H,24,25);1H. The van der Waals surface area contributed by atoms with Gasteiger partial charge in [0.1, 0.15) is 0 Å². The molecule has 0 radical (unpaired) electrons. The van der Waals surface area contributed by atoms with Gasteiger partial charge < -0.3 is 24.9 Å². The number of hydrogen-bond acceptors (Lipinski definition) is 4. The third-order valence-corrected chi connectivity index (χ3v) is 6.12. The van der Waals surface area contributed by atoms with Gasteiger partial charge in [-0.2, -0.15) is 0 Å². The third-order valence-electron chi connectivity index (χ3n) is 5.86. The fourth-order valence-electron chi connectivity index (χ4n) is 4.03. The maximum absolute atomic E-state index is 12.7. The Morgan fingerprint density at radius 2 is 1.87 bits per heavy atom. The molecule has 0 aliphatic carbocycles. The number of guanidine groups is 1. The van der Waals surface area contributed by atoms with Crippen LogP contribution in [0.15, 0.2) is 29.3 Å². The van der Waals surface area contributed by atoms with Gasteiger partial charge in [0.05, 0.1) is 6.54 Å². The molecule has 2 aliphatic rings. The molecule has 0 atom stereocenters. The minimum atomic E-state index is 0. The topological polar surface area (TPSA) is 54.4 Å². The molecule has 9 heteroatoms. The molecule has 0 bridgehead atoms. The van der Waals surface area contributed by atoms with Gasteiger partial charge in [-0.25, -0.2) is 0 Å². The van der Waals surface area contributed by atoms with Crippen molar-refractivity contribution in [2.75, 3.05) is 73.0 Å². The second-order valence-electron chi connectivity index (χ2n) is 8.19. The number of aliphatic imine (C=N–C) groups is 1. The Hall–Kier alpha value is -1.10. The third kappa shape index (κ3) is 8.40. The molecule has 174 valence electrons. The van der Waals surface area contributed by atoms with Crippen molar-refractivity contribution < 1.29 is 4.79 Å². The Bertz CT molecular complexity index is 716. The lowest BCUT2D eigenvalue weighted by Crippen LogP contribution is -2.55. The molecule has 0 spiro atoms. The number of carbonyl (C=O) groups excluding carboxylic acids is 1. The average Bonchev–Trinajstić information content (AvgIpc) is 2.95. The van der Waals surface area contributed by atoms with Crippen molar-refractivity contribution in [1.82, 2.24) is 24.9 Å². The molecule has 1 N–H and O–H groups in total. The van der Waals surface area contributed by atoms with E-state index in [4.69, 9.17) is 11.6 Å². The number of halogens is 2. The van der Waals surface area contributed by atoms with Crippen molar-refractivity contribution in [3.8, 4) is 0 Å². The number of amides is 1. The monoisotopic (exact) mass is 562 g/mol. The van der Waals surface area contributed by atoms with Gasteiger partial charge in [0.2, 0.25) is 5.91 Å². The lowest BCUT2D eigenvalue weighted by atomic mass is 10.2. The summed E-state index contributed by atoms with van der Waals surface area (Å²) in [5, 5.41) is 4.16. The van der Waals surface area contributed by atoms with Crippen molar-refractivity contribution in [3.63, 3.8) is 0 Å². The molecule has 1 amide bonds. The normalized spacial score (nSPS) is 19.2. The summed E-state index contributed by atoms with van der Waals surface area (Å²) in [5.74, 6) is 0.956. The summed E-state index contributed by atoms with van der Waals surface area (Å²) in [5.41, 5.74) is 1.10. The highest BCUT2D eigenvalue weighted by Crippen LogP contribution is 2.13. The Morgan fingerprint density at radius 3 is 2.58 bits per heavy atom. The van der Waals surface area contributed by atoms with E-state index in [9.17, 15) is 4.79 Å². The molecule has 0 unspecified atom stereocenters. The molecule has 2 heterocycles. The zero-order valence-electron chi connectivity index (χ0n) is 18.7. The SMILES string of the molecule is CN=C(NCCCN1CCCN(C)CC1)N1CCN(Cc2ccc(Cl)cc2)C(=O)C1.I. The van der Waals surface area contributed by atoms with Crippen LogP contribution < -0.4 is 5.32 Å². The van der Waals surface area contributed by atoms with Crippen molar-refractivity contribution in [2.24, 2.45) is 4.99 Å². The Labute approximate surface area is 208 Å². The maximum atomic E-state index is 12.7. The smallest absolute Gasteiger partial charge is 0.242 e. The van der Waals surface area contributed by atoms with Crippen LogP contribution in [-0.2, 0) is 11.3 Å². The molecule has 1 aromatic carbocycles. The van der Waals surface area contributed by atoms with Crippen LogP contribution in [0.3, 0.4) is 0 Å². The van der Waals surface area contributed by atoms with E-state index in [1.54, 1.807) is 7.05 Å². The van der Waals surface area contributed by atoms with Crippen LogP contribution >= 0.6 is 35.6 Å². The molecule has 0 aromatic heterocycles. The van der Waals surface area contributed by atoms with E-state index in [0.717, 1.165) is 50.7 Å². The molecule has 2 aliphatic heterocycles. The molecular weight excluding hydrogens is 527 g/mol. The summed E-state index contributed by atoms with van der Waals surface area (Å²) in [6.45, 7) is 9.13. The predicted octanol–water partition coefficient (Wildman–Crippen LogP) is 2.21. The summed E-state index contributed by atoms with van der Waals surface area (Å²) >= 11 is 5.95. The highest BCUT2D eigenvalue weighted by atomic mass is 127. The van der Waals surface area contributed by atoms with E-state index in [1.165, 1.54) is 19.5 Å². The maximum Gasteiger partial charge on any atom is 0.242 e. The Balaban J connectivity index is 0.00000341. The minimum absolute atomic E-state index is 0. The summed E-state index contributed by atoms with van der Waals surface area (Å²) in [6.07, 6.45) is 2.32. The largest absolute Gasteiger partial charge is 0.356 e. The predicted molar refractivity (Wildman–Crippen MR) is 138 cm³/mol. The minimum Gasteiger partial charge on any atom is -0.356 e. The van der Waals surface area contributed by atoms with E-state index >= 15 is 0 Å². The van der Waals surface area contributed by atoms with Crippen LogP contribution in [0.25, 0.3) is 0 Å². The average molecular weight is 563 g/mol. The number of piperazine rings is 1. The number of nitrogens with zero attached hydrogens (tertiary/aromatic N) is 5. The van der Waals surface area contributed by atoms with Gasteiger partial charge in [-0.3, -0.25) is 9.79 Å². The lowest BCUT2D eigenvalue weighted by molar-refractivity contribution is -0.135. The summed E-state index contributed by atoms with van der Waals surface area (Å²) in [7, 11) is 3.99. The highest BCUT2D eigenvalue weighted by Gasteiger charge is 2.25. The van der Waals surface area contributed by atoms with Gasteiger partial charge in [0, 0.05) is 51.3 Å². The number of hydrogen-bond donors (Lipinski definition) is 1. The van der Waals surface area contributed by atoms with Crippen molar-refractivity contribution in [1.29, 1.82) is 0 Å². The molecule has 0 saturated carbocycles. The number of nitrogens with one attached hydrogen (secondary N) is 1. The molecule has 2 saturated heterocycles. The molecule has 1 aromatic rings. The van der Waals surface area contributed by atoms with Crippen molar-refractivity contribution in [2.45, 2.75) is 19.4 Å². The van der Waals surface area contributed by atoms with Crippen molar-refractivity contribution in [3.05, 3.63) is 34.9 Å². The molecule has 31 heavy (non-hydrogen) atoms. The molecule has 7 nitrogen and oxygen atoms in total. The second kappa shape index (κ2) is 13.4. The first kappa shape index (κ1) is 26.2. The quantitative estimate of drug-likeness (QED) is 0.249. The highest BCUT2D eigenvalue weighted by molar-refractivity contribution is 14.0. The number of carbonyl (C=O) groups is 1. The van der Waals surface area contributed by atoms with E-state index in [0.29, 0.717) is 24.7 Å². The molecule has 2 fully saturated rings. The lowest BCUT2D eigenvalue weighted by Gasteiger charge is -2.36. The second-order valence-corrected chi connectivity index (χ2v) is 8.63. The summed E-state index contributed by atoms with van der Waals surface area (Å²) in [6, 6.07) is 7.69. The van der Waals surface area contributed by atoms with Gasteiger partial charge >= 0.3 is 0 Å². The number of benzene rings is 1. The summed E-state index contributed by atoms with van der Waals surface area (Å²) in [4.78, 5) is 26.0. The van der Waals surface area contributed by atoms with Gasteiger partial charge in [0.25, 0.3) is 0 Å². The first-order chi connectivity index (χ1) is 14.5. The Kier molecular flexibility index (Phi) is 11.3. The van der Waals surface area contributed by atoms with Crippen LogP contribution in [0.5, 0.6) is 0 Å². The van der Waals surface area contributed by atoms with Gasteiger partial charge in [0.15, 0.2) is 5.96 Å². The van der Waals surface area contributed by atoms with Crippen LogP contribution in [0.2, 0.25) is 5.02 Å². The first-order valence-electron chi connectivity index (χ1n) is 10.9. The van der Waals surface area contributed by atoms with E-state index < -0.39 is 0 Å². The van der Waals surface area contributed by atoms with E-state index in [1.807, 2.05) is 29.2 Å². The van der Waals surface area contributed by atoms with E-state index in [-0.39, 0.29) is 29.9 Å². The van der Waals surface area contributed by atoms with Crippen LogP contribution in [0.1, 0.15) is 18.4 Å². The zero-order valence-corrected chi connectivity index (χ0v) is 21.8. The zero-order chi connectivity index (χ0) is 21.3. The number of likely N-dealkylation sites (N-methyl/N-ethyl adjacent to an activating group) is 1. The van der Waals surface area contributed by atoms with Gasteiger partial charge in [-0.15, -0.1) is 24.0 Å². The first-order valence-corrected chi connectivity index (χ1v) is 11.3. The van der Waals surface area contributed by atoms with Gasteiger partial charge in [-0.05, 0) is 57.2 Å². The van der Waals surface area contributed by atoms with Gasteiger partial charge in [-0.1, -0.05) is 23.7 Å². The van der Waals surface area contributed by atoms with Crippen molar-refractivity contribution >= 4 is 47.4 Å². The molecular formula is C22H36ClIN6O. The van der Waals surface area contributed by atoms with Crippen LogP contribution in [-0.4, -0.2) is 104 Å². The Morgan fingerprint density at radius 1 is 1.10 bits per heavy atom. The molecule has 3 rings (SSSR count). The van der Waals surface area contributed by atoms with Crippen LogP contribution in [0.4, 0.5) is 0 Å². The summed E-state index contributed by atoms with van der Waals surface area (Å²) < 4.78 is 0. The fourth-order valence-corrected chi connectivity index (χ4v) is 4.15. The van der Waals surface area contributed by atoms with Crippen LogP contribution in [0, 0.1) is 0 Å². The fraction of sp³-hybridized carbons (Fsp3) is 0.636.